The molecule has 0 N–H and O–H groups in total. The Hall–Kier alpha value is -3.75. The van der Waals surface area contributed by atoms with Crippen LogP contribution < -0.4 is 15.3 Å². The van der Waals surface area contributed by atoms with Gasteiger partial charge in [0.15, 0.2) is 0 Å². The average Bonchev–Trinajstić information content (AvgIpc) is 3.41. The average molecular weight is 497 g/mol. The fourth-order valence-electron chi connectivity index (χ4n) is 5.42. The number of para-hydroxylation sites is 1. The third-order valence-electron chi connectivity index (χ3n) is 6.94. The fraction of sp³-hybridized carbons (Fsp3) is 0.333. The van der Waals surface area contributed by atoms with Gasteiger partial charge in [0, 0.05) is 31.2 Å². The zero-order chi connectivity index (χ0) is 25.6. The molecule has 1 aliphatic rings. The van der Waals surface area contributed by atoms with Crippen LogP contribution in [0.15, 0.2) is 59.7 Å². The molecule has 3 heterocycles. The van der Waals surface area contributed by atoms with E-state index in [1.54, 1.807) is 22.8 Å². The molecule has 1 atom stereocenters. The van der Waals surface area contributed by atoms with Crippen molar-refractivity contribution in [1.82, 2.24) is 14.1 Å². The lowest BCUT2D eigenvalue weighted by Gasteiger charge is -2.23. The monoisotopic (exact) mass is 496 g/mol. The summed E-state index contributed by atoms with van der Waals surface area (Å²) in [6.07, 6.45) is -0.126. The number of rotatable bonds is 5. The summed E-state index contributed by atoms with van der Waals surface area (Å²) in [6.45, 7) is 5.20. The van der Waals surface area contributed by atoms with Gasteiger partial charge in [0.05, 0.1) is 30.8 Å². The van der Waals surface area contributed by atoms with Crippen LogP contribution in [0.3, 0.4) is 0 Å². The van der Waals surface area contributed by atoms with Crippen LogP contribution in [0, 0.1) is 13.8 Å². The fourth-order valence-corrected chi connectivity index (χ4v) is 5.42. The minimum Gasteiger partial charge on any atom is -0.494 e. The van der Waals surface area contributed by atoms with Crippen LogP contribution >= 0.6 is 0 Å². The number of anilines is 1. The molecule has 6 nitrogen and oxygen atoms in total. The Balaban J connectivity index is 1.61. The quantitative estimate of drug-likeness (QED) is 0.374. The predicted molar refractivity (Wildman–Crippen MR) is 133 cm³/mol. The summed E-state index contributed by atoms with van der Waals surface area (Å²) in [6, 6.07) is 10.6. The highest BCUT2D eigenvalue weighted by molar-refractivity contribution is 5.83. The molecule has 1 unspecified atom stereocenters. The maximum atomic E-state index is 13.8. The summed E-state index contributed by atoms with van der Waals surface area (Å²) < 4.78 is 49.8. The van der Waals surface area contributed by atoms with Crippen molar-refractivity contribution in [1.29, 1.82) is 0 Å². The van der Waals surface area contributed by atoms with E-state index in [1.165, 1.54) is 23.8 Å². The Kier molecular flexibility index (Phi) is 6.02. The standard InChI is InChI=1S/C27H27F3N4O2/c1-17-13-31-14-18(2)24(17)32-12-11-20(16-32)34-22-9-6-10-23(36-3)25(22)33(26(34)35)15-19-7-4-5-8-21(19)27(28,29)30/h4-10,13-14,20H,11-12,15-16H2,1-3H3. The van der Waals surface area contributed by atoms with Gasteiger partial charge in [-0.15, -0.1) is 0 Å². The number of ether oxygens (including phenoxy) is 1. The van der Waals surface area contributed by atoms with Gasteiger partial charge in [-0.05, 0) is 55.2 Å². The SMILES string of the molecule is COc1cccc2c1n(Cc1ccccc1C(F)(F)F)c(=O)n2C1CCN(c2c(C)cncc2C)C1. The molecule has 0 aliphatic carbocycles. The van der Waals surface area contributed by atoms with Crippen LogP contribution in [0.2, 0.25) is 0 Å². The molecule has 0 radical (unpaired) electrons. The summed E-state index contributed by atoms with van der Waals surface area (Å²) in [7, 11) is 1.50. The predicted octanol–water partition coefficient (Wildman–Crippen LogP) is 5.34. The van der Waals surface area contributed by atoms with Crippen LogP contribution in [0.1, 0.15) is 34.7 Å². The molecule has 1 saturated heterocycles. The molecular formula is C27H27F3N4O2. The van der Waals surface area contributed by atoms with Gasteiger partial charge < -0.3 is 9.64 Å². The lowest BCUT2D eigenvalue weighted by molar-refractivity contribution is -0.138. The second-order valence-corrected chi connectivity index (χ2v) is 9.23. The first-order chi connectivity index (χ1) is 17.2. The lowest BCUT2D eigenvalue weighted by atomic mass is 10.1. The largest absolute Gasteiger partial charge is 0.494 e. The number of imidazole rings is 1. The maximum absolute atomic E-state index is 13.8. The summed E-state index contributed by atoms with van der Waals surface area (Å²) in [5.74, 6) is 0.448. The van der Waals surface area contributed by atoms with Crippen molar-refractivity contribution in [2.24, 2.45) is 0 Å². The summed E-state index contributed by atoms with van der Waals surface area (Å²) in [4.78, 5) is 20.4. The van der Waals surface area contributed by atoms with E-state index in [4.69, 9.17) is 4.74 Å². The number of fused-ring (bicyclic) bond motifs is 1. The van der Waals surface area contributed by atoms with E-state index in [1.807, 2.05) is 32.3 Å². The van der Waals surface area contributed by atoms with E-state index in [-0.39, 0.29) is 23.8 Å². The molecule has 5 rings (SSSR count). The Bertz CT molecular complexity index is 1470. The third kappa shape index (κ3) is 4.02. The molecule has 36 heavy (non-hydrogen) atoms. The van der Waals surface area contributed by atoms with Gasteiger partial charge in [-0.2, -0.15) is 13.2 Å². The zero-order valence-electron chi connectivity index (χ0n) is 20.3. The van der Waals surface area contributed by atoms with Gasteiger partial charge in [0.2, 0.25) is 0 Å². The molecule has 188 valence electrons. The summed E-state index contributed by atoms with van der Waals surface area (Å²) in [5, 5.41) is 0. The Morgan fingerprint density at radius 1 is 1.06 bits per heavy atom. The number of hydrogen-bond donors (Lipinski definition) is 0. The van der Waals surface area contributed by atoms with E-state index >= 15 is 0 Å². The normalized spacial score (nSPS) is 16.2. The van der Waals surface area contributed by atoms with E-state index < -0.39 is 11.7 Å². The van der Waals surface area contributed by atoms with Crippen molar-refractivity contribution in [2.75, 3.05) is 25.1 Å². The van der Waals surface area contributed by atoms with Crippen LogP contribution in [0.5, 0.6) is 5.75 Å². The molecule has 9 heteroatoms. The number of aryl methyl sites for hydroxylation is 2. The molecular weight excluding hydrogens is 469 g/mol. The van der Waals surface area contributed by atoms with E-state index in [0.717, 1.165) is 35.8 Å². The van der Waals surface area contributed by atoms with Gasteiger partial charge in [-0.1, -0.05) is 24.3 Å². The second-order valence-electron chi connectivity index (χ2n) is 9.23. The highest BCUT2D eigenvalue weighted by atomic mass is 19.4. The highest BCUT2D eigenvalue weighted by Gasteiger charge is 2.34. The van der Waals surface area contributed by atoms with Crippen molar-refractivity contribution >= 4 is 16.7 Å². The van der Waals surface area contributed by atoms with Gasteiger partial charge in [0.1, 0.15) is 11.3 Å². The van der Waals surface area contributed by atoms with E-state index in [2.05, 4.69) is 9.88 Å². The van der Waals surface area contributed by atoms with Crippen LogP contribution in [-0.4, -0.2) is 34.3 Å². The number of methoxy groups -OCH3 is 1. The lowest BCUT2D eigenvalue weighted by Crippen LogP contribution is -2.30. The molecule has 0 spiro atoms. The molecule has 0 bridgehead atoms. The van der Waals surface area contributed by atoms with Crippen molar-refractivity contribution in [3.63, 3.8) is 0 Å². The van der Waals surface area contributed by atoms with Crippen LogP contribution in [-0.2, 0) is 12.7 Å². The third-order valence-corrected chi connectivity index (χ3v) is 6.94. The Morgan fingerprint density at radius 2 is 1.78 bits per heavy atom. The first kappa shape index (κ1) is 24.0. The van der Waals surface area contributed by atoms with Crippen molar-refractivity contribution in [3.8, 4) is 5.75 Å². The minimum absolute atomic E-state index is 0.0353. The number of aromatic nitrogens is 3. The van der Waals surface area contributed by atoms with Gasteiger partial charge >= 0.3 is 11.9 Å². The number of hydrogen-bond acceptors (Lipinski definition) is 4. The minimum atomic E-state index is -4.52. The first-order valence-electron chi connectivity index (χ1n) is 11.8. The van der Waals surface area contributed by atoms with Gasteiger partial charge in [-0.3, -0.25) is 14.1 Å². The van der Waals surface area contributed by atoms with E-state index in [0.29, 0.717) is 23.3 Å². The molecule has 2 aromatic carbocycles. The van der Waals surface area contributed by atoms with Crippen LogP contribution in [0.25, 0.3) is 11.0 Å². The number of benzene rings is 2. The second kappa shape index (κ2) is 9.04. The number of alkyl halides is 3. The first-order valence-corrected chi connectivity index (χ1v) is 11.8. The number of nitrogens with zero attached hydrogens (tertiary/aromatic N) is 4. The maximum Gasteiger partial charge on any atom is 0.416 e. The Morgan fingerprint density at radius 3 is 2.47 bits per heavy atom. The molecule has 2 aromatic heterocycles. The zero-order valence-corrected chi connectivity index (χ0v) is 20.3. The van der Waals surface area contributed by atoms with Crippen LogP contribution in [0.4, 0.5) is 18.9 Å². The number of halogens is 3. The van der Waals surface area contributed by atoms with Crippen molar-refractivity contribution in [2.45, 2.75) is 39.0 Å². The highest BCUT2D eigenvalue weighted by Crippen LogP contribution is 2.36. The molecule has 0 saturated carbocycles. The molecule has 0 amide bonds. The van der Waals surface area contributed by atoms with Gasteiger partial charge in [0.25, 0.3) is 0 Å². The molecule has 1 fully saturated rings. The summed E-state index contributed by atoms with van der Waals surface area (Å²) in [5.41, 5.74) is 3.33. The van der Waals surface area contributed by atoms with Crippen molar-refractivity contribution in [3.05, 3.63) is 87.6 Å². The van der Waals surface area contributed by atoms with E-state index in [9.17, 15) is 18.0 Å². The molecule has 1 aliphatic heterocycles. The topological polar surface area (TPSA) is 52.3 Å². The summed E-state index contributed by atoms with van der Waals surface area (Å²) >= 11 is 0. The number of pyridine rings is 1. The smallest absolute Gasteiger partial charge is 0.416 e. The molecule has 4 aromatic rings. The van der Waals surface area contributed by atoms with Gasteiger partial charge in [-0.25, -0.2) is 4.79 Å². The Labute approximate surface area is 206 Å². The van der Waals surface area contributed by atoms with Crippen molar-refractivity contribution < 1.29 is 17.9 Å².